The van der Waals surface area contributed by atoms with Crippen LogP contribution in [-0.4, -0.2) is 40.2 Å². The fourth-order valence-electron chi connectivity index (χ4n) is 3.23. The number of hydrogen-bond acceptors (Lipinski definition) is 7. The van der Waals surface area contributed by atoms with Gasteiger partial charge < -0.3 is 25.8 Å². The van der Waals surface area contributed by atoms with E-state index in [4.69, 9.17) is 16.3 Å². The van der Waals surface area contributed by atoms with Gasteiger partial charge in [0.2, 0.25) is 5.95 Å². The molecule has 0 aliphatic carbocycles. The van der Waals surface area contributed by atoms with Crippen molar-refractivity contribution in [3.8, 4) is 5.75 Å². The molecule has 1 saturated heterocycles. The van der Waals surface area contributed by atoms with Gasteiger partial charge in [-0.1, -0.05) is 17.7 Å². The molecule has 2 aromatic carbocycles. The molecule has 166 valence electrons. The average Bonchev–Trinajstić information content (AvgIpc) is 3.30. The maximum atomic E-state index is 14.1. The summed E-state index contributed by atoms with van der Waals surface area (Å²) in [6.45, 7) is 1.15. The zero-order chi connectivity index (χ0) is 22.5. The molecule has 2 heterocycles. The van der Waals surface area contributed by atoms with Gasteiger partial charge in [-0.2, -0.15) is 4.98 Å². The molecule has 1 unspecified atom stereocenters. The Balaban J connectivity index is 1.58. The number of benzene rings is 2. The minimum atomic E-state index is -0.647. The SMILES string of the molecule is O=C(Nc1c(F)cccc1Cl)c1cnc(Nc2ccc(O)cc2)nc1NCC1CCCO1. The number of rotatable bonds is 7. The summed E-state index contributed by atoms with van der Waals surface area (Å²) in [5.74, 6) is -0.615. The molecular formula is C22H21ClFN5O3. The number of carbonyl (C=O) groups is 1. The van der Waals surface area contributed by atoms with Crippen molar-refractivity contribution in [3.05, 3.63) is 65.1 Å². The minimum absolute atomic E-state index is 0.00963. The lowest BCUT2D eigenvalue weighted by molar-refractivity contribution is 0.102. The molecule has 1 atom stereocenters. The van der Waals surface area contributed by atoms with Crippen molar-refractivity contribution < 1.29 is 19.0 Å². The number of ether oxygens (including phenoxy) is 1. The summed E-state index contributed by atoms with van der Waals surface area (Å²) in [7, 11) is 0. The molecule has 4 N–H and O–H groups in total. The molecule has 0 saturated carbocycles. The van der Waals surface area contributed by atoms with Gasteiger partial charge in [0.05, 0.1) is 16.8 Å². The predicted molar refractivity (Wildman–Crippen MR) is 120 cm³/mol. The van der Waals surface area contributed by atoms with Crippen LogP contribution in [0.4, 0.5) is 27.5 Å². The molecule has 1 aromatic heterocycles. The number of aromatic hydroxyl groups is 1. The van der Waals surface area contributed by atoms with Crippen molar-refractivity contribution in [2.45, 2.75) is 18.9 Å². The Labute approximate surface area is 188 Å². The summed E-state index contributed by atoms with van der Waals surface area (Å²) in [5, 5.41) is 18.2. The van der Waals surface area contributed by atoms with E-state index in [1.54, 1.807) is 12.1 Å². The van der Waals surface area contributed by atoms with Crippen LogP contribution in [0.2, 0.25) is 5.02 Å². The van der Waals surface area contributed by atoms with Crippen molar-refractivity contribution in [1.82, 2.24) is 9.97 Å². The number of nitrogens with one attached hydrogen (secondary N) is 3. The molecule has 32 heavy (non-hydrogen) atoms. The molecule has 0 bridgehead atoms. The first-order valence-electron chi connectivity index (χ1n) is 10.0. The third-order valence-electron chi connectivity index (χ3n) is 4.88. The van der Waals surface area contributed by atoms with Crippen LogP contribution in [0.25, 0.3) is 0 Å². The normalized spacial score (nSPS) is 15.4. The minimum Gasteiger partial charge on any atom is -0.508 e. The first-order valence-corrected chi connectivity index (χ1v) is 10.4. The Morgan fingerprint density at radius 3 is 2.78 bits per heavy atom. The van der Waals surface area contributed by atoms with E-state index in [0.717, 1.165) is 12.8 Å². The van der Waals surface area contributed by atoms with Crippen LogP contribution >= 0.6 is 11.6 Å². The van der Waals surface area contributed by atoms with Gasteiger partial charge in [-0.05, 0) is 49.2 Å². The number of anilines is 4. The molecular weight excluding hydrogens is 437 g/mol. The van der Waals surface area contributed by atoms with Gasteiger partial charge in [-0.15, -0.1) is 0 Å². The van der Waals surface area contributed by atoms with Gasteiger partial charge in [0.1, 0.15) is 22.9 Å². The van der Waals surface area contributed by atoms with Crippen LogP contribution in [0, 0.1) is 5.82 Å². The highest BCUT2D eigenvalue weighted by Crippen LogP contribution is 2.27. The molecule has 4 rings (SSSR count). The molecule has 1 amide bonds. The van der Waals surface area contributed by atoms with Gasteiger partial charge in [-0.25, -0.2) is 9.37 Å². The van der Waals surface area contributed by atoms with Gasteiger partial charge >= 0.3 is 0 Å². The highest BCUT2D eigenvalue weighted by atomic mass is 35.5. The van der Waals surface area contributed by atoms with E-state index in [-0.39, 0.29) is 39.9 Å². The summed E-state index contributed by atoms with van der Waals surface area (Å²) in [6.07, 6.45) is 3.24. The number of carbonyl (C=O) groups excluding carboxylic acids is 1. The Morgan fingerprint density at radius 1 is 1.25 bits per heavy atom. The van der Waals surface area contributed by atoms with E-state index in [2.05, 4.69) is 25.9 Å². The van der Waals surface area contributed by atoms with Crippen LogP contribution < -0.4 is 16.0 Å². The van der Waals surface area contributed by atoms with Crippen molar-refractivity contribution in [1.29, 1.82) is 0 Å². The second-order valence-corrected chi connectivity index (χ2v) is 7.60. The fourth-order valence-corrected chi connectivity index (χ4v) is 3.44. The zero-order valence-corrected chi connectivity index (χ0v) is 17.7. The lowest BCUT2D eigenvalue weighted by Gasteiger charge is -2.16. The standard InChI is InChI=1S/C22H21ClFN5O3/c23-17-4-1-5-18(24)19(17)28-21(31)16-12-26-22(27-13-6-8-14(30)9-7-13)29-20(16)25-11-15-3-2-10-32-15/h1,4-9,12,15,30H,2-3,10-11H2,(H,28,31)(H2,25,26,27,29). The van der Waals surface area contributed by atoms with Crippen molar-refractivity contribution in [2.24, 2.45) is 0 Å². The lowest BCUT2D eigenvalue weighted by atomic mass is 10.2. The van der Waals surface area contributed by atoms with Gasteiger partial charge in [-0.3, -0.25) is 4.79 Å². The van der Waals surface area contributed by atoms with E-state index < -0.39 is 11.7 Å². The smallest absolute Gasteiger partial charge is 0.261 e. The van der Waals surface area contributed by atoms with E-state index in [0.29, 0.717) is 18.8 Å². The topological polar surface area (TPSA) is 108 Å². The second-order valence-electron chi connectivity index (χ2n) is 7.19. The molecule has 0 radical (unpaired) electrons. The van der Waals surface area contributed by atoms with Crippen LogP contribution in [0.1, 0.15) is 23.2 Å². The number of phenolic OH excluding ortho intramolecular Hbond substituents is 1. The summed E-state index contributed by atoms with van der Waals surface area (Å²) in [5.41, 5.74) is 0.664. The van der Waals surface area contributed by atoms with Crippen molar-refractivity contribution in [3.63, 3.8) is 0 Å². The first-order chi connectivity index (χ1) is 15.5. The summed E-state index contributed by atoms with van der Waals surface area (Å²) >= 11 is 6.03. The van der Waals surface area contributed by atoms with Gasteiger partial charge in [0.25, 0.3) is 5.91 Å². The van der Waals surface area contributed by atoms with E-state index in [1.165, 1.54) is 36.5 Å². The fraction of sp³-hybridized carbons (Fsp3) is 0.227. The predicted octanol–water partition coefficient (Wildman–Crippen LogP) is 4.56. The van der Waals surface area contributed by atoms with Crippen LogP contribution in [0.5, 0.6) is 5.75 Å². The van der Waals surface area contributed by atoms with Gasteiger partial charge in [0.15, 0.2) is 0 Å². The summed E-state index contributed by atoms with van der Waals surface area (Å²) in [4.78, 5) is 21.5. The van der Waals surface area contributed by atoms with E-state index in [9.17, 15) is 14.3 Å². The van der Waals surface area contributed by atoms with Crippen LogP contribution in [0.3, 0.4) is 0 Å². The van der Waals surface area contributed by atoms with Gasteiger partial charge in [0, 0.05) is 25.0 Å². The average molecular weight is 458 g/mol. The highest BCUT2D eigenvalue weighted by Gasteiger charge is 2.20. The monoisotopic (exact) mass is 457 g/mol. The number of para-hydroxylation sites is 1. The Bertz CT molecular complexity index is 1090. The number of amides is 1. The first kappa shape index (κ1) is 21.8. The second kappa shape index (κ2) is 9.80. The molecule has 1 fully saturated rings. The third-order valence-corrected chi connectivity index (χ3v) is 5.19. The van der Waals surface area contributed by atoms with Crippen molar-refractivity contribution in [2.75, 3.05) is 29.1 Å². The number of phenols is 1. The Morgan fingerprint density at radius 2 is 2.06 bits per heavy atom. The quantitative estimate of drug-likeness (QED) is 0.385. The Hall–Kier alpha value is -3.43. The number of aromatic nitrogens is 2. The number of nitrogens with zero attached hydrogens (tertiary/aromatic N) is 2. The molecule has 8 nitrogen and oxygen atoms in total. The highest BCUT2D eigenvalue weighted by molar-refractivity contribution is 6.34. The Kier molecular flexibility index (Phi) is 6.67. The van der Waals surface area contributed by atoms with E-state index in [1.807, 2.05) is 0 Å². The lowest BCUT2D eigenvalue weighted by Crippen LogP contribution is -2.23. The van der Waals surface area contributed by atoms with Crippen LogP contribution in [0.15, 0.2) is 48.7 Å². The molecule has 1 aliphatic rings. The maximum absolute atomic E-state index is 14.1. The number of halogens is 2. The van der Waals surface area contributed by atoms with Crippen LogP contribution in [-0.2, 0) is 4.74 Å². The maximum Gasteiger partial charge on any atom is 0.261 e. The summed E-state index contributed by atoms with van der Waals surface area (Å²) < 4.78 is 19.8. The van der Waals surface area contributed by atoms with E-state index >= 15 is 0 Å². The largest absolute Gasteiger partial charge is 0.508 e. The summed E-state index contributed by atoms with van der Waals surface area (Å²) in [6, 6.07) is 10.5. The zero-order valence-electron chi connectivity index (χ0n) is 16.9. The molecule has 10 heteroatoms. The molecule has 3 aromatic rings. The third kappa shape index (κ3) is 5.24. The molecule has 1 aliphatic heterocycles. The van der Waals surface area contributed by atoms with Crippen molar-refractivity contribution >= 4 is 40.6 Å². The molecule has 0 spiro atoms. The number of hydrogen-bond donors (Lipinski definition) is 4.